The van der Waals surface area contributed by atoms with E-state index in [0.717, 1.165) is 16.6 Å². The number of fused-ring (bicyclic) bond motifs is 1. The van der Waals surface area contributed by atoms with Crippen LogP contribution in [0.4, 0.5) is 11.4 Å². The summed E-state index contributed by atoms with van der Waals surface area (Å²) >= 11 is 0. The number of carbonyl (C=O) groups is 1. The van der Waals surface area contributed by atoms with Gasteiger partial charge in [0.2, 0.25) is 5.78 Å². The van der Waals surface area contributed by atoms with E-state index in [2.05, 4.69) is 10.5 Å². The van der Waals surface area contributed by atoms with Crippen molar-refractivity contribution in [2.24, 2.45) is 5.10 Å². The highest BCUT2D eigenvalue weighted by Gasteiger charge is 2.22. The van der Waals surface area contributed by atoms with E-state index in [1.165, 1.54) is 12.1 Å². The number of ether oxygens (including phenoxy) is 1. The van der Waals surface area contributed by atoms with Gasteiger partial charge in [-0.05, 0) is 61.9 Å². The molecule has 0 atom stereocenters. The number of rotatable bonds is 7. The molecule has 8 heteroatoms. The van der Waals surface area contributed by atoms with Crippen molar-refractivity contribution in [3.63, 3.8) is 0 Å². The van der Waals surface area contributed by atoms with Crippen molar-refractivity contribution in [3.8, 4) is 5.75 Å². The van der Waals surface area contributed by atoms with E-state index in [-0.39, 0.29) is 22.7 Å². The van der Waals surface area contributed by atoms with Crippen molar-refractivity contribution in [3.05, 3.63) is 105 Å². The van der Waals surface area contributed by atoms with E-state index in [1.807, 2.05) is 55.5 Å². The van der Waals surface area contributed by atoms with Gasteiger partial charge in [-0.2, -0.15) is 5.10 Å². The minimum Gasteiger partial charge on any atom is -0.497 e. The van der Waals surface area contributed by atoms with Crippen LogP contribution in [0.5, 0.6) is 5.75 Å². The van der Waals surface area contributed by atoms with Crippen LogP contribution in [0.2, 0.25) is 0 Å². The second kappa shape index (κ2) is 8.96. The predicted octanol–water partition coefficient (Wildman–Crippen LogP) is 5.23. The van der Waals surface area contributed by atoms with Gasteiger partial charge in [-0.15, -0.1) is 0 Å². The summed E-state index contributed by atoms with van der Waals surface area (Å²) in [6.45, 7) is 3.63. The first-order valence-corrected chi connectivity index (χ1v) is 10.2. The van der Waals surface area contributed by atoms with Crippen LogP contribution in [-0.2, 0) is 0 Å². The van der Waals surface area contributed by atoms with Crippen molar-refractivity contribution in [2.45, 2.75) is 13.8 Å². The molecule has 1 N–H and O–H groups in total. The molecule has 8 nitrogen and oxygen atoms in total. The number of hydrogen-bond donors (Lipinski definition) is 1. The molecule has 2 aromatic heterocycles. The second-order valence-corrected chi connectivity index (χ2v) is 7.53. The van der Waals surface area contributed by atoms with Crippen LogP contribution in [0.3, 0.4) is 0 Å². The summed E-state index contributed by atoms with van der Waals surface area (Å²) < 4.78 is 7.01. The quantitative estimate of drug-likeness (QED) is 0.183. The number of pyridine rings is 1. The van der Waals surface area contributed by atoms with Crippen molar-refractivity contribution < 1.29 is 14.5 Å². The van der Waals surface area contributed by atoms with Crippen LogP contribution in [0.25, 0.3) is 5.52 Å². The number of hydrazone groups is 1. The number of nitrogens with zero attached hydrogens (tertiary/aromatic N) is 3. The molecule has 0 fully saturated rings. The number of aryl methyl sites for hydroxylation is 1. The number of anilines is 1. The standard InChI is InChI=1S/C25H22N4O4/c1-16-13-20-8-4-5-12-28(20)24(16)25(30)19-10-11-22(23(15-19)29(31)32)27-26-17(2)18-7-6-9-21(14-18)33-3/h4-15,27H,1-3H3. The number of nitro benzene ring substituents is 1. The van der Waals surface area contributed by atoms with E-state index in [0.29, 0.717) is 17.2 Å². The van der Waals surface area contributed by atoms with E-state index in [4.69, 9.17) is 4.74 Å². The van der Waals surface area contributed by atoms with Crippen molar-refractivity contribution in [1.29, 1.82) is 0 Å². The van der Waals surface area contributed by atoms with Gasteiger partial charge >= 0.3 is 0 Å². The Morgan fingerprint density at radius 3 is 2.64 bits per heavy atom. The van der Waals surface area contributed by atoms with Crippen LogP contribution in [0.15, 0.2) is 78.0 Å². The molecule has 0 saturated carbocycles. The van der Waals surface area contributed by atoms with E-state index < -0.39 is 4.92 Å². The van der Waals surface area contributed by atoms with Crippen LogP contribution >= 0.6 is 0 Å². The molecule has 4 aromatic rings. The lowest BCUT2D eigenvalue weighted by Crippen LogP contribution is -2.08. The Morgan fingerprint density at radius 1 is 1.06 bits per heavy atom. The zero-order chi connectivity index (χ0) is 23.5. The first-order valence-electron chi connectivity index (χ1n) is 10.2. The Morgan fingerprint density at radius 2 is 1.88 bits per heavy atom. The summed E-state index contributed by atoms with van der Waals surface area (Å²) in [5.41, 5.74) is 6.54. The van der Waals surface area contributed by atoms with Gasteiger partial charge in [0.25, 0.3) is 5.69 Å². The minimum atomic E-state index is -0.529. The lowest BCUT2D eigenvalue weighted by atomic mass is 10.0. The Bertz CT molecular complexity index is 1400. The molecule has 0 saturated heterocycles. The molecule has 4 rings (SSSR count). The summed E-state index contributed by atoms with van der Waals surface area (Å²) in [7, 11) is 1.58. The van der Waals surface area contributed by atoms with Crippen LogP contribution < -0.4 is 10.2 Å². The van der Waals surface area contributed by atoms with Gasteiger partial charge in [-0.1, -0.05) is 18.2 Å². The molecule has 0 aliphatic rings. The summed E-state index contributed by atoms with van der Waals surface area (Å²) in [5.74, 6) is 0.397. The first kappa shape index (κ1) is 21.8. The molecule has 2 heterocycles. The highest BCUT2D eigenvalue weighted by molar-refractivity contribution is 6.10. The smallest absolute Gasteiger partial charge is 0.294 e. The molecule has 0 radical (unpaired) electrons. The van der Waals surface area contributed by atoms with Crippen molar-refractivity contribution >= 4 is 28.4 Å². The first-order chi connectivity index (χ1) is 15.9. The number of ketones is 1. The molecule has 0 aliphatic heterocycles. The molecule has 2 aromatic carbocycles. The molecule has 0 unspecified atom stereocenters. The monoisotopic (exact) mass is 442 g/mol. The zero-order valence-corrected chi connectivity index (χ0v) is 18.4. The third-order valence-corrected chi connectivity index (χ3v) is 5.37. The molecular formula is C25H22N4O4. The molecule has 166 valence electrons. The average Bonchev–Trinajstić information content (AvgIpc) is 3.17. The fraction of sp³-hybridized carbons (Fsp3) is 0.120. The molecule has 0 spiro atoms. The van der Waals surface area contributed by atoms with Crippen LogP contribution in [0, 0.1) is 17.0 Å². The largest absolute Gasteiger partial charge is 0.497 e. The van der Waals surface area contributed by atoms with Crippen molar-refractivity contribution in [1.82, 2.24) is 4.40 Å². The van der Waals surface area contributed by atoms with Crippen LogP contribution in [-0.4, -0.2) is 27.9 Å². The molecular weight excluding hydrogens is 420 g/mol. The fourth-order valence-electron chi connectivity index (χ4n) is 3.66. The van der Waals surface area contributed by atoms with E-state index in [9.17, 15) is 14.9 Å². The number of carbonyl (C=O) groups excluding carboxylic acids is 1. The van der Waals surface area contributed by atoms with E-state index in [1.54, 1.807) is 30.7 Å². The minimum absolute atomic E-state index is 0.190. The third-order valence-electron chi connectivity index (χ3n) is 5.37. The van der Waals surface area contributed by atoms with Gasteiger partial charge in [0.1, 0.15) is 11.4 Å². The van der Waals surface area contributed by atoms with Gasteiger partial charge in [-0.3, -0.25) is 20.3 Å². The average molecular weight is 442 g/mol. The summed E-state index contributed by atoms with van der Waals surface area (Å²) in [6.07, 6.45) is 1.80. The zero-order valence-electron chi connectivity index (χ0n) is 18.4. The van der Waals surface area contributed by atoms with E-state index >= 15 is 0 Å². The number of aromatic nitrogens is 1. The highest BCUT2D eigenvalue weighted by Crippen LogP contribution is 2.28. The topological polar surface area (TPSA) is 98.2 Å². The lowest BCUT2D eigenvalue weighted by Gasteiger charge is -2.08. The molecule has 0 amide bonds. The van der Waals surface area contributed by atoms with Gasteiger partial charge in [0.15, 0.2) is 0 Å². The maximum Gasteiger partial charge on any atom is 0.294 e. The Balaban J connectivity index is 1.66. The highest BCUT2D eigenvalue weighted by atomic mass is 16.6. The maximum absolute atomic E-state index is 13.2. The summed E-state index contributed by atoms with van der Waals surface area (Å²) in [4.78, 5) is 24.5. The molecule has 33 heavy (non-hydrogen) atoms. The lowest BCUT2D eigenvalue weighted by molar-refractivity contribution is -0.384. The molecule has 0 aliphatic carbocycles. The summed E-state index contributed by atoms with van der Waals surface area (Å²) in [6, 6.07) is 19.2. The Labute approximate surface area is 190 Å². The summed E-state index contributed by atoms with van der Waals surface area (Å²) in [5, 5.41) is 16.0. The van der Waals surface area contributed by atoms with Gasteiger partial charge in [-0.25, -0.2) is 0 Å². The Kier molecular flexibility index (Phi) is 5.91. The maximum atomic E-state index is 13.2. The fourth-order valence-corrected chi connectivity index (χ4v) is 3.66. The van der Waals surface area contributed by atoms with Crippen molar-refractivity contribution in [2.75, 3.05) is 12.5 Å². The number of benzene rings is 2. The predicted molar refractivity (Wildman–Crippen MR) is 127 cm³/mol. The number of hydrogen-bond acceptors (Lipinski definition) is 6. The molecule has 0 bridgehead atoms. The number of nitrogens with one attached hydrogen (secondary N) is 1. The normalized spacial score (nSPS) is 11.4. The second-order valence-electron chi connectivity index (χ2n) is 7.53. The third kappa shape index (κ3) is 4.31. The van der Waals surface area contributed by atoms with Gasteiger partial charge in [0.05, 0.1) is 23.4 Å². The number of nitro groups is 1. The Hall–Kier alpha value is -4.46. The SMILES string of the molecule is COc1cccc(C(C)=NNc2ccc(C(=O)c3c(C)cc4ccccn34)cc2[N+](=O)[O-])c1. The van der Waals surface area contributed by atoms with Crippen LogP contribution in [0.1, 0.15) is 34.1 Å². The number of methoxy groups -OCH3 is 1. The van der Waals surface area contributed by atoms with Gasteiger partial charge < -0.3 is 9.14 Å². The van der Waals surface area contributed by atoms with Gasteiger partial charge in [0, 0.05) is 28.9 Å².